The highest BCUT2D eigenvalue weighted by molar-refractivity contribution is 6.33. The molecule has 0 saturated heterocycles. The molecule has 5 heteroatoms. The Balaban J connectivity index is 1.78. The third-order valence-corrected chi connectivity index (χ3v) is 4.73. The van der Waals surface area contributed by atoms with Gasteiger partial charge in [0.2, 0.25) is 0 Å². The van der Waals surface area contributed by atoms with E-state index in [0.717, 1.165) is 22.6 Å². The molecule has 0 spiro atoms. The first kappa shape index (κ1) is 19.5. The highest BCUT2D eigenvalue weighted by Crippen LogP contribution is 2.30. The molecule has 1 amide bonds. The number of para-hydroxylation sites is 1. The van der Waals surface area contributed by atoms with Gasteiger partial charge >= 0.3 is 0 Å². The predicted molar refractivity (Wildman–Crippen MR) is 119 cm³/mol. The monoisotopic (exact) mass is 398 g/mol. The van der Waals surface area contributed by atoms with Crippen molar-refractivity contribution in [2.24, 2.45) is 4.99 Å². The van der Waals surface area contributed by atoms with Crippen LogP contribution >= 0.6 is 0 Å². The molecule has 150 valence electrons. The number of methoxy groups -OCH3 is 1. The molecule has 0 N–H and O–H groups in total. The lowest BCUT2D eigenvalue weighted by molar-refractivity contribution is -0.113. The van der Waals surface area contributed by atoms with E-state index in [9.17, 15) is 4.79 Å². The smallest absolute Gasteiger partial charge is 0.282 e. The van der Waals surface area contributed by atoms with Crippen LogP contribution in [0.5, 0.6) is 11.5 Å². The number of ether oxygens (including phenoxy) is 2. The van der Waals surface area contributed by atoms with Gasteiger partial charge in [-0.2, -0.15) is 0 Å². The molecular formula is C25H22N2O3. The van der Waals surface area contributed by atoms with Crippen LogP contribution in [0.15, 0.2) is 89.6 Å². The summed E-state index contributed by atoms with van der Waals surface area (Å²) in [5.74, 6) is 1.85. The zero-order valence-corrected chi connectivity index (χ0v) is 16.9. The van der Waals surface area contributed by atoms with E-state index >= 15 is 0 Å². The van der Waals surface area contributed by atoms with Crippen molar-refractivity contribution in [3.8, 4) is 11.5 Å². The van der Waals surface area contributed by atoms with Gasteiger partial charge in [-0.15, -0.1) is 0 Å². The van der Waals surface area contributed by atoms with E-state index in [4.69, 9.17) is 14.5 Å². The molecular weight excluding hydrogens is 376 g/mol. The second kappa shape index (κ2) is 8.66. The van der Waals surface area contributed by atoms with Gasteiger partial charge in [0.25, 0.3) is 5.91 Å². The number of nitrogens with zero attached hydrogens (tertiary/aromatic N) is 2. The lowest BCUT2D eigenvalue weighted by Crippen LogP contribution is -2.32. The molecule has 1 heterocycles. The van der Waals surface area contributed by atoms with Crippen LogP contribution in [0.4, 0.5) is 5.69 Å². The number of carbonyl (C=O) groups is 1. The van der Waals surface area contributed by atoms with E-state index in [1.165, 1.54) is 0 Å². The molecule has 3 aromatic rings. The zero-order chi connectivity index (χ0) is 20.9. The Morgan fingerprint density at radius 1 is 0.933 bits per heavy atom. The summed E-state index contributed by atoms with van der Waals surface area (Å²) < 4.78 is 10.9. The van der Waals surface area contributed by atoms with Gasteiger partial charge in [0.1, 0.15) is 23.0 Å². The molecule has 0 saturated carbocycles. The molecule has 0 bridgehead atoms. The van der Waals surface area contributed by atoms with Crippen molar-refractivity contribution in [3.63, 3.8) is 0 Å². The molecule has 0 radical (unpaired) electrons. The van der Waals surface area contributed by atoms with Gasteiger partial charge < -0.3 is 9.47 Å². The molecule has 5 nitrogen and oxygen atoms in total. The number of rotatable bonds is 6. The summed E-state index contributed by atoms with van der Waals surface area (Å²) >= 11 is 0. The second-order valence-corrected chi connectivity index (χ2v) is 6.64. The van der Waals surface area contributed by atoms with Crippen LogP contribution in [-0.4, -0.2) is 25.5 Å². The lowest BCUT2D eigenvalue weighted by atomic mass is 10.1. The number of hydrogen-bond acceptors (Lipinski definition) is 4. The minimum atomic E-state index is -0.191. The summed E-state index contributed by atoms with van der Waals surface area (Å²) in [4.78, 5) is 19.7. The fourth-order valence-corrected chi connectivity index (χ4v) is 3.33. The Labute approximate surface area is 175 Å². The number of amidine groups is 1. The quantitative estimate of drug-likeness (QED) is 0.553. The highest BCUT2D eigenvalue weighted by Gasteiger charge is 2.32. The molecule has 0 unspecified atom stereocenters. The standard InChI is InChI=1S/C25H22N2O3/c1-3-30-21-15-13-20(14-16-21)27-24(18-9-5-4-6-10-18)26-22(25(27)28)17-19-11-7-8-12-23(19)29-2/h4-17H,3H2,1-2H3/b22-17+. The number of benzene rings is 3. The van der Waals surface area contributed by atoms with Crippen molar-refractivity contribution < 1.29 is 14.3 Å². The fraction of sp³-hybridized carbons (Fsp3) is 0.120. The van der Waals surface area contributed by atoms with E-state index in [1.54, 1.807) is 18.1 Å². The number of amides is 1. The van der Waals surface area contributed by atoms with Gasteiger partial charge in [0.05, 0.1) is 19.4 Å². The van der Waals surface area contributed by atoms with Crippen molar-refractivity contribution in [2.75, 3.05) is 18.6 Å². The SMILES string of the molecule is CCOc1ccc(N2C(=O)/C(=C\c3ccccc3OC)N=C2c2ccccc2)cc1. The number of aliphatic imine (C=N–C) groups is 1. The zero-order valence-electron chi connectivity index (χ0n) is 16.9. The van der Waals surface area contributed by atoms with Crippen molar-refractivity contribution in [3.05, 3.63) is 95.7 Å². The first-order valence-electron chi connectivity index (χ1n) is 9.77. The minimum Gasteiger partial charge on any atom is -0.496 e. The average molecular weight is 398 g/mol. The molecule has 1 aliphatic rings. The van der Waals surface area contributed by atoms with E-state index in [1.807, 2.05) is 85.8 Å². The van der Waals surface area contributed by atoms with Gasteiger partial charge in [-0.3, -0.25) is 9.69 Å². The molecule has 30 heavy (non-hydrogen) atoms. The Bertz CT molecular complexity index is 1100. The van der Waals surface area contributed by atoms with E-state index in [2.05, 4.69) is 0 Å². The van der Waals surface area contributed by atoms with Gasteiger partial charge in [-0.1, -0.05) is 48.5 Å². The van der Waals surface area contributed by atoms with Gasteiger partial charge in [0, 0.05) is 11.1 Å². The Morgan fingerprint density at radius 2 is 1.63 bits per heavy atom. The van der Waals surface area contributed by atoms with Crippen LogP contribution in [-0.2, 0) is 4.79 Å². The number of carbonyl (C=O) groups excluding carboxylic acids is 1. The fourth-order valence-electron chi connectivity index (χ4n) is 3.33. The summed E-state index contributed by atoms with van der Waals surface area (Å²) in [6, 6.07) is 24.7. The molecule has 0 atom stereocenters. The number of anilines is 1. The van der Waals surface area contributed by atoms with Gasteiger partial charge in [0.15, 0.2) is 0 Å². The van der Waals surface area contributed by atoms with Crippen molar-refractivity contribution in [1.82, 2.24) is 0 Å². The van der Waals surface area contributed by atoms with Crippen LogP contribution in [0.25, 0.3) is 6.08 Å². The van der Waals surface area contributed by atoms with Crippen molar-refractivity contribution in [1.29, 1.82) is 0 Å². The molecule has 0 aliphatic carbocycles. The highest BCUT2D eigenvalue weighted by atomic mass is 16.5. The molecule has 0 fully saturated rings. The Morgan fingerprint density at radius 3 is 2.33 bits per heavy atom. The molecule has 0 aromatic heterocycles. The second-order valence-electron chi connectivity index (χ2n) is 6.64. The van der Waals surface area contributed by atoms with Gasteiger partial charge in [-0.05, 0) is 43.3 Å². The minimum absolute atomic E-state index is 0.191. The summed E-state index contributed by atoms with van der Waals surface area (Å²) in [5.41, 5.74) is 2.75. The van der Waals surface area contributed by atoms with Crippen molar-refractivity contribution >= 4 is 23.5 Å². The lowest BCUT2D eigenvalue weighted by Gasteiger charge is -2.19. The normalized spacial score (nSPS) is 14.7. The Kier molecular flexibility index (Phi) is 5.61. The average Bonchev–Trinajstić information content (AvgIpc) is 3.11. The maximum Gasteiger partial charge on any atom is 0.282 e. The van der Waals surface area contributed by atoms with Crippen molar-refractivity contribution in [2.45, 2.75) is 6.92 Å². The first-order chi connectivity index (χ1) is 14.7. The van der Waals surface area contributed by atoms with Crippen LogP contribution < -0.4 is 14.4 Å². The van der Waals surface area contributed by atoms with E-state index < -0.39 is 0 Å². The predicted octanol–water partition coefficient (Wildman–Crippen LogP) is 4.93. The van der Waals surface area contributed by atoms with Crippen LogP contribution in [0, 0.1) is 0 Å². The van der Waals surface area contributed by atoms with Crippen LogP contribution in [0.3, 0.4) is 0 Å². The Hall–Kier alpha value is -3.86. The van der Waals surface area contributed by atoms with Crippen LogP contribution in [0.2, 0.25) is 0 Å². The van der Waals surface area contributed by atoms with E-state index in [0.29, 0.717) is 23.9 Å². The van der Waals surface area contributed by atoms with E-state index in [-0.39, 0.29) is 5.91 Å². The topological polar surface area (TPSA) is 51.1 Å². The maximum absolute atomic E-state index is 13.4. The summed E-state index contributed by atoms with van der Waals surface area (Å²) in [5, 5.41) is 0. The summed E-state index contributed by atoms with van der Waals surface area (Å²) in [6.07, 6.45) is 1.76. The third kappa shape index (κ3) is 3.82. The molecule has 3 aromatic carbocycles. The van der Waals surface area contributed by atoms with Crippen LogP contribution in [0.1, 0.15) is 18.1 Å². The first-order valence-corrected chi connectivity index (χ1v) is 9.77. The maximum atomic E-state index is 13.4. The molecule has 4 rings (SSSR count). The largest absolute Gasteiger partial charge is 0.496 e. The molecule has 1 aliphatic heterocycles. The summed E-state index contributed by atoms with van der Waals surface area (Å²) in [7, 11) is 1.61. The third-order valence-electron chi connectivity index (χ3n) is 4.73. The van der Waals surface area contributed by atoms with Gasteiger partial charge in [-0.25, -0.2) is 4.99 Å². The number of hydrogen-bond donors (Lipinski definition) is 0. The summed E-state index contributed by atoms with van der Waals surface area (Å²) in [6.45, 7) is 2.53.